The Morgan fingerprint density at radius 3 is 2.85 bits per heavy atom. The molecule has 3 rings (SSSR count). The Morgan fingerprint density at radius 1 is 1.20 bits per heavy atom. The molecule has 0 aliphatic heterocycles. The van der Waals surface area contributed by atoms with Crippen molar-refractivity contribution in [2.75, 3.05) is 5.32 Å². The zero-order chi connectivity index (χ0) is 14.1. The maximum Gasteiger partial charge on any atom is 0.228 e. The first-order valence-electron chi connectivity index (χ1n) is 7.71. The minimum atomic E-state index is 0.200. The minimum absolute atomic E-state index is 0.200. The van der Waals surface area contributed by atoms with Gasteiger partial charge in [-0.2, -0.15) is 0 Å². The topological polar surface area (TPSA) is 29.1 Å². The average molecular weight is 269 g/mol. The number of fused-ring (bicyclic) bond motifs is 1. The summed E-state index contributed by atoms with van der Waals surface area (Å²) < 4.78 is 0. The van der Waals surface area contributed by atoms with E-state index in [9.17, 15) is 4.79 Å². The van der Waals surface area contributed by atoms with E-state index in [0.717, 1.165) is 5.69 Å². The molecule has 2 nitrogen and oxygen atoms in total. The molecule has 1 saturated carbocycles. The molecule has 3 atom stereocenters. The molecule has 1 amide bonds. The summed E-state index contributed by atoms with van der Waals surface area (Å²) in [6, 6.07) is 6.13. The molecular weight excluding hydrogens is 246 g/mol. The Labute approximate surface area is 121 Å². The number of carbonyl (C=O) groups is 1. The van der Waals surface area contributed by atoms with Gasteiger partial charge < -0.3 is 5.32 Å². The minimum Gasteiger partial charge on any atom is -0.326 e. The quantitative estimate of drug-likeness (QED) is 0.800. The predicted octanol–water partition coefficient (Wildman–Crippen LogP) is 4.23. The van der Waals surface area contributed by atoms with Crippen LogP contribution in [-0.2, 0) is 4.79 Å². The van der Waals surface area contributed by atoms with Crippen molar-refractivity contribution in [3.63, 3.8) is 0 Å². The Hall–Kier alpha value is -1.57. The summed E-state index contributed by atoms with van der Waals surface area (Å²) in [5.41, 5.74) is 3.42. The number of rotatable bonds is 2. The fourth-order valence-corrected chi connectivity index (χ4v) is 3.34. The molecular formula is C18H23NO. The zero-order valence-corrected chi connectivity index (χ0v) is 12.4. The van der Waals surface area contributed by atoms with Gasteiger partial charge in [0.2, 0.25) is 5.91 Å². The van der Waals surface area contributed by atoms with Gasteiger partial charge in [0.25, 0.3) is 0 Å². The fraction of sp³-hybridized carbons (Fsp3) is 0.500. The highest BCUT2D eigenvalue weighted by Gasteiger charge is 2.52. The van der Waals surface area contributed by atoms with E-state index in [2.05, 4.69) is 43.4 Å². The maximum atomic E-state index is 12.4. The predicted molar refractivity (Wildman–Crippen MR) is 82.6 cm³/mol. The van der Waals surface area contributed by atoms with Gasteiger partial charge in [0, 0.05) is 11.6 Å². The van der Waals surface area contributed by atoms with Gasteiger partial charge in [-0.3, -0.25) is 4.79 Å². The second kappa shape index (κ2) is 5.43. The molecule has 0 aromatic heterocycles. The van der Waals surface area contributed by atoms with E-state index in [-0.39, 0.29) is 11.8 Å². The number of amides is 1. The van der Waals surface area contributed by atoms with Crippen molar-refractivity contribution < 1.29 is 4.79 Å². The standard InChI is InChI=1S/C18H23NO/c1-12-9-10-14(11-13(12)2)19-18(20)17-15-7-5-3-4-6-8-16(15)17/h5,7,9-11,15-17H,3-4,6,8H2,1-2H3,(H,19,20)/b7-5-/t15-,16+,17-/m0/s1. The Morgan fingerprint density at radius 2 is 2.05 bits per heavy atom. The van der Waals surface area contributed by atoms with Crippen LogP contribution in [0.25, 0.3) is 0 Å². The molecule has 1 aromatic carbocycles. The fourth-order valence-electron chi connectivity index (χ4n) is 3.34. The Bertz CT molecular complexity index is 546. The molecule has 0 unspecified atom stereocenters. The lowest BCUT2D eigenvalue weighted by molar-refractivity contribution is -0.117. The van der Waals surface area contributed by atoms with Crippen molar-refractivity contribution in [3.05, 3.63) is 41.5 Å². The van der Waals surface area contributed by atoms with Crippen LogP contribution < -0.4 is 5.32 Å². The highest BCUT2D eigenvalue weighted by molar-refractivity contribution is 5.95. The molecule has 0 spiro atoms. The number of hydrogen-bond donors (Lipinski definition) is 1. The van der Waals surface area contributed by atoms with Crippen LogP contribution in [0.2, 0.25) is 0 Å². The summed E-state index contributed by atoms with van der Waals surface area (Å²) in [5, 5.41) is 3.10. The Kier molecular flexibility index (Phi) is 3.64. The van der Waals surface area contributed by atoms with E-state index >= 15 is 0 Å². The van der Waals surface area contributed by atoms with Crippen molar-refractivity contribution in [3.8, 4) is 0 Å². The Balaban J connectivity index is 1.66. The summed E-state index contributed by atoms with van der Waals surface area (Å²) in [4.78, 5) is 12.4. The van der Waals surface area contributed by atoms with Crippen LogP contribution in [0.4, 0.5) is 5.69 Å². The van der Waals surface area contributed by atoms with Crippen LogP contribution in [0, 0.1) is 31.6 Å². The number of hydrogen-bond acceptors (Lipinski definition) is 1. The van der Waals surface area contributed by atoms with E-state index in [4.69, 9.17) is 0 Å². The number of benzene rings is 1. The second-order valence-corrected chi connectivity index (χ2v) is 6.27. The summed E-state index contributed by atoms with van der Waals surface area (Å²) in [6.45, 7) is 4.17. The molecule has 0 saturated heterocycles. The van der Waals surface area contributed by atoms with Crippen molar-refractivity contribution in [2.45, 2.75) is 39.5 Å². The van der Waals surface area contributed by atoms with Gasteiger partial charge in [-0.15, -0.1) is 0 Å². The van der Waals surface area contributed by atoms with Crippen molar-refractivity contribution >= 4 is 11.6 Å². The van der Waals surface area contributed by atoms with Gasteiger partial charge in [-0.25, -0.2) is 0 Å². The monoisotopic (exact) mass is 269 g/mol. The summed E-state index contributed by atoms with van der Waals surface area (Å²) in [7, 11) is 0. The molecule has 0 radical (unpaired) electrons. The van der Waals surface area contributed by atoms with Gasteiger partial charge in [0.1, 0.15) is 0 Å². The molecule has 106 valence electrons. The molecule has 2 aliphatic carbocycles. The van der Waals surface area contributed by atoms with Crippen LogP contribution in [0.15, 0.2) is 30.4 Å². The van der Waals surface area contributed by atoms with Crippen LogP contribution in [0.1, 0.15) is 36.8 Å². The van der Waals surface area contributed by atoms with E-state index in [0.29, 0.717) is 11.8 Å². The lowest BCUT2D eigenvalue weighted by Crippen LogP contribution is -2.15. The molecule has 2 heteroatoms. The van der Waals surface area contributed by atoms with Crippen molar-refractivity contribution in [2.24, 2.45) is 17.8 Å². The maximum absolute atomic E-state index is 12.4. The lowest BCUT2D eigenvalue weighted by Gasteiger charge is -2.07. The number of anilines is 1. The number of nitrogens with one attached hydrogen (secondary N) is 1. The van der Waals surface area contributed by atoms with Crippen molar-refractivity contribution in [1.29, 1.82) is 0 Å². The summed E-state index contributed by atoms with van der Waals surface area (Å²) >= 11 is 0. The summed E-state index contributed by atoms with van der Waals surface area (Å²) in [6.07, 6.45) is 9.45. The van der Waals surface area contributed by atoms with E-state index in [1.165, 1.54) is 36.8 Å². The SMILES string of the molecule is Cc1ccc(NC(=O)[C@H]2[C@H]3/C=C\CCCC[C@H]32)cc1C. The average Bonchev–Trinajstić information content (AvgIpc) is 3.05. The lowest BCUT2D eigenvalue weighted by atomic mass is 10.1. The number of carbonyl (C=O) groups excluding carboxylic acids is 1. The largest absolute Gasteiger partial charge is 0.326 e. The van der Waals surface area contributed by atoms with Crippen LogP contribution >= 0.6 is 0 Å². The second-order valence-electron chi connectivity index (χ2n) is 6.27. The molecule has 0 bridgehead atoms. The first-order valence-corrected chi connectivity index (χ1v) is 7.71. The van der Waals surface area contributed by atoms with Crippen molar-refractivity contribution in [1.82, 2.24) is 0 Å². The molecule has 1 N–H and O–H groups in total. The molecule has 2 aliphatic rings. The van der Waals surface area contributed by atoms with Gasteiger partial charge >= 0.3 is 0 Å². The van der Waals surface area contributed by atoms with E-state index < -0.39 is 0 Å². The zero-order valence-electron chi connectivity index (χ0n) is 12.4. The van der Waals surface area contributed by atoms with Gasteiger partial charge in [-0.1, -0.05) is 24.6 Å². The third-order valence-corrected chi connectivity index (χ3v) is 4.82. The first kappa shape index (κ1) is 13.4. The van der Waals surface area contributed by atoms with Crippen LogP contribution in [0.5, 0.6) is 0 Å². The number of aryl methyl sites for hydroxylation is 2. The van der Waals surface area contributed by atoms with Gasteiger partial charge in [-0.05, 0) is 68.2 Å². The van der Waals surface area contributed by atoms with Crippen LogP contribution in [-0.4, -0.2) is 5.91 Å². The normalized spacial score (nSPS) is 29.8. The molecule has 0 heterocycles. The highest BCUT2D eigenvalue weighted by Crippen LogP contribution is 2.51. The smallest absolute Gasteiger partial charge is 0.228 e. The molecule has 1 aromatic rings. The van der Waals surface area contributed by atoms with Gasteiger partial charge in [0.15, 0.2) is 0 Å². The van der Waals surface area contributed by atoms with E-state index in [1.54, 1.807) is 0 Å². The summed E-state index contributed by atoms with van der Waals surface area (Å²) in [5.74, 6) is 1.47. The van der Waals surface area contributed by atoms with E-state index in [1.807, 2.05) is 6.07 Å². The third kappa shape index (κ3) is 2.65. The number of allylic oxidation sites excluding steroid dienone is 2. The first-order chi connectivity index (χ1) is 9.66. The molecule has 1 fully saturated rings. The van der Waals surface area contributed by atoms with Crippen LogP contribution in [0.3, 0.4) is 0 Å². The molecule has 20 heavy (non-hydrogen) atoms. The highest BCUT2D eigenvalue weighted by atomic mass is 16.2. The van der Waals surface area contributed by atoms with Gasteiger partial charge in [0.05, 0.1) is 0 Å². The third-order valence-electron chi connectivity index (χ3n) is 4.82.